The van der Waals surface area contributed by atoms with Gasteiger partial charge < -0.3 is 14.8 Å². The van der Waals surface area contributed by atoms with E-state index in [0.29, 0.717) is 22.4 Å². The number of halogens is 3. The van der Waals surface area contributed by atoms with E-state index in [4.69, 9.17) is 0 Å². The highest BCUT2D eigenvalue weighted by Gasteiger charge is 2.30. The second kappa shape index (κ2) is 8.20. The molecular formula is C17H20F3N5OS. The van der Waals surface area contributed by atoms with E-state index in [1.165, 1.54) is 17.8 Å². The molecule has 1 aliphatic rings. The van der Waals surface area contributed by atoms with Gasteiger partial charge in [0.2, 0.25) is 5.91 Å². The van der Waals surface area contributed by atoms with Gasteiger partial charge in [-0.1, -0.05) is 17.8 Å². The number of carbonyl (C=O) groups is 1. The number of carbonyl (C=O) groups excluding carboxylic acids is 1. The van der Waals surface area contributed by atoms with Crippen molar-refractivity contribution in [3.8, 4) is 0 Å². The monoisotopic (exact) mass is 399 g/mol. The van der Waals surface area contributed by atoms with Crippen LogP contribution >= 0.6 is 11.8 Å². The Morgan fingerprint density at radius 2 is 2.00 bits per heavy atom. The molecule has 0 unspecified atom stereocenters. The molecule has 1 N–H and O–H groups in total. The molecule has 0 aliphatic carbocycles. The van der Waals surface area contributed by atoms with Gasteiger partial charge >= 0.3 is 6.18 Å². The fraction of sp³-hybridized carbons (Fsp3) is 0.471. The standard InChI is InChI=1S/C17H20F3N5OS/c1-24-14(10-21-13-6-4-5-12(9-13)17(18,19)20)22-23-16(24)27-11-15(26)25-7-2-3-8-25/h4-6,9,21H,2-3,7-8,10-11H2,1H3. The Morgan fingerprint density at radius 1 is 1.26 bits per heavy atom. The Kier molecular flexibility index (Phi) is 5.93. The van der Waals surface area contributed by atoms with Crippen molar-refractivity contribution in [3.05, 3.63) is 35.7 Å². The number of hydrogen-bond donors (Lipinski definition) is 1. The summed E-state index contributed by atoms with van der Waals surface area (Å²) >= 11 is 1.31. The number of nitrogens with zero attached hydrogens (tertiary/aromatic N) is 4. The Balaban J connectivity index is 1.56. The summed E-state index contributed by atoms with van der Waals surface area (Å²) < 4.78 is 40.1. The predicted molar refractivity (Wildman–Crippen MR) is 96.3 cm³/mol. The molecule has 1 fully saturated rings. The Hall–Kier alpha value is -2.23. The van der Waals surface area contributed by atoms with Crippen molar-refractivity contribution in [2.24, 2.45) is 7.05 Å². The molecule has 1 aromatic heterocycles. The van der Waals surface area contributed by atoms with Gasteiger partial charge in [-0.2, -0.15) is 13.2 Å². The molecule has 1 aromatic carbocycles. The van der Waals surface area contributed by atoms with Crippen molar-refractivity contribution >= 4 is 23.4 Å². The zero-order valence-electron chi connectivity index (χ0n) is 14.8. The van der Waals surface area contributed by atoms with Crippen LogP contribution in [-0.2, 0) is 24.6 Å². The molecule has 146 valence electrons. The molecule has 0 saturated carbocycles. The molecule has 1 amide bonds. The van der Waals surface area contributed by atoms with Gasteiger partial charge in [0.25, 0.3) is 0 Å². The number of rotatable bonds is 6. The van der Waals surface area contributed by atoms with Crippen LogP contribution in [0.25, 0.3) is 0 Å². The fourth-order valence-corrected chi connectivity index (χ4v) is 3.63. The zero-order valence-corrected chi connectivity index (χ0v) is 15.6. The van der Waals surface area contributed by atoms with E-state index in [2.05, 4.69) is 15.5 Å². The first-order valence-corrected chi connectivity index (χ1v) is 9.53. The van der Waals surface area contributed by atoms with Crippen molar-refractivity contribution < 1.29 is 18.0 Å². The topological polar surface area (TPSA) is 63.1 Å². The summed E-state index contributed by atoms with van der Waals surface area (Å²) in [5.74, 6) is 0.959. The van der Waals surface area contributed by atoms with Crippen molar-refractivity contribution in [2.45, 2.75) is 30.7 Å². The second-order valence-electron chi connectivity index (χ2n) is 6.27. The fourth-order valence-electron chi connectivity index (χ4n) is 2.80. The van der Waals surface area contributed by atoms with Gasteiger partial charge in [-0.3, -0.25) is 4.79 Å². The highest BCUT2D eigenvalue weighted by atomic mass is 32.2. The first kappa shape index (κ1) is 19.5. The number of alkyl halides is 3. The summed E-state index contributed by atoms with van der Waals surface area (Å²) in [5.41, 5.74) is -0.353. The van der Waals surface area contributed by atoms with E-state index >= 15 is 0 Å². The highest BCUT2D eigenvalue weighted by molar-refractivity contribution is 7.99. The average molecular weight is 399 g/mol. The average Bonchev–Trinajstić information content (AvgIpc) is 3.28. The lowest BCUT2D eigenvalue weighted by Crippen LogP contribution is -2.29. The molecule has 6 nitrogen and oxygen atoms in total. The smallest absolute Gasteiger partial charge is 0.378 e. The second-order valence-corrected chi connectivity index (χ2v) is 7.21. The first-order valence-electron chi connectivity index (χ1n) is 8.54. The summed E-state index contributed by atoms with van der Waals surface area (Å²) in [5, 5.41) is 11.7. The van der Waals surface area contributed by atoms with Crippen molar-refractivity contribution in [2.75, 3.05) is 24.2 Å². The lowest BCUT2D eigenvalue weighted by Gasteiger charge is -2.14. The van der Waals surface area contributed by atoms with Crippen molar-refractivity contribution in [1.82, 2.24) is 19.7 Å². The maximum absolute atomic E-state index is 12.8. The van der Waals surface area contributed by atoms with Crippen LogP contribution in [0.1, 0.15) is 24.2 Å². The van der Waals surface area contributed by atoms with E-state index < -0.39 is 11.7 Å². The Bertz CT molecular complexity index is 802. The number of aromatic nitrogens is 3. The number of benzene rings is 1. The normalized spacial score (nSPS) is 14.6. The largest absolute Gasteiger partial charge is 0.416 e. The third kappa shape index (κ3) is 4.94. The van der Waals surface area contributed by atoms with Crippen LogP contribution in [0.3, 0.4) is 0 Å². The van der Waals surface area contributed by atoms with Gasteiger partial charge in [0, 0.05) is 25.8 Å². The molecule has 1 aliphatic heterocycles. The van der Waals surface area contributed by atoms with E-state index in [-0.39, 0.29) is 12.5 Å². The number of hydrogen-bond acceptors (Lipinski definition) is 5. The molecule has 0 radical (unpaired) electrons. The summed E-state index contributed by atoms with van der Waals surface area (Å²) in [7, 11) is 1.77. The maximum atomic E-state index is 12.8. The number of nitrogens with one attached hydrogen (secondary N) is 1. The minimum Gasteiger partial charge on any atom is -0.378 e. The van der Waals surface area contributed by atoms with Gasteiger partial charge in [-0.15, -0.1) is 10.2 Å². The summed E-state index contributed by atoms with van der Waals surface area (Å²) in [6.45, 7) is 1.85. The third-order valence-corrected chi connectivity index (χ3v) is 5.35. The quantitative estimate of drug-likeness (QED) is 0.756. The summed E-state index contributed by atoms with van der Waals surface area (Å²) in [6, 6.07) is 5.00. The van der Waals surface area contributed by atoms with Crippen LogP contribution < -0.4 is 5.32 Å². The molecule has 0 spiro atoms. The predicted octanol–water partition coefficient (Wildman–Crippen LogP) is 3.16. The van der Waals surface area contributed by atoms with Gasteiger partial charge in [-0.25, -0.2) is 0 Å². The van der Waals surface area contributed by atoms with Gasteiger partial charge in [0.1, 0.15) is 0 Å². The third-order valence-electron chi connectivity index (χ3n) is 4.35. The van der Waals surface area contributed by atoms with E-state index in [1.807, 2.05) is 4.90 Å². The lowest BCUT2D eigenvalue weighted by molar-refractivity contribution is -0.137. The lowest BCUT2D eigenvalue weighted by atomic mass is 10.2. The van der Waals surface area contributed by atoms with Crippen LogP contribution in [0, 0.1) is 0 Å². The van der Waals surface area contributed by atoms with Crippen LogP contribution in [0.5, 0.6) is 0 Å². The van der Waals surface area contributed by atoms with Crippen LogP contribution in [0.4, 0.5) is 18.9 Å². The first-order chi connectivity index (χ1) is 12.8. The number of likely N-dealkylation sites (tertiary alicyclic amines) is 1. The SMILES string of the molecule is Cn1c(CNc2cccc(C(F)(F)F)c2)nnc1SCC(=O)N1CCCC1. The number of amides is 1. The maximum Gasteiger partial charge on any atom is 0.416 e. The Labute approximate surface area is 159 Å². The summed E-state index contributed by atoms with van der Waals surface area (Å²) in [4.78, 5) is 14.0. The highest BCUT2D eigenvalue weighted by Crippen LogP contribution is 2.30. The van der Waals surface area contributed by atoms with E-state index in [0.717, 1.165) is 38.1 Å². The molecule has 27 heavy (non-hydrogen) atoms. The van der Waals surface area contributed by atoms with Crippen LogP contribution in [0.2, 0.25) is 0 Å². The van der Waals surface area contributed by atoms with Gasteiger partial charge in [0.05, 0.1) is 17.9 Å². The number of anilines is 1. The molecule has 0 atom stereocenters. The molecule has 2 aromatic rings. The van der Waals surface area contributed by atoms with Gasteiger partial charge in [0.15, 0.2) is 11.0 Å². The molecular weight excluding hydrogens is 379 g/mol. The molecule has 3 rings (SSSR count). The minimum absolute atomic E-state index is 0.0872. The van der Waals surface area contributed by atoms with Crippen LogP contribution in [-0.4, -0.2) is 44.4 Å². The van der Waals surface area contributed by atoms with Crippen molar-refractivity contribution in [3.63, 3.8) is 0 Å². The van der Waals surface area contributed by atoms with Gasteiger partial charge in [-0.05, 0) is 31.0 Å². The Morgan fingerprint density at radius 3 is 2.70 bits per heavy atom. The zero-order chi connectivity index (χ0) is 19.4. The molecule has 0 bridgehead atoms. The molecule has 1 saturated heterocycles. The summed E-state index contributed by atoms with van der Waals surface area (Å²) in [6.07, 6.45) is -2.29. The minimum atomic E-state index is -4.38. The molecule has 10 heteroatoms. The number of thioether (sulfide) groups is 1. The molecule has 2 heterocycles. The van der Waals surface area contributed by atoms with Crippen molar-refractivity contribution in [1.29, 1.82) is 0 Å². The van der Waals surface area contributed by atoms with E-state index in [9.17, 15) is 18.0 Å². The van der Waals surface area contributed by atoms with Crippen LogP contribution in [0.15, 0.2) is 29.4 Å². The van der Waals surface area contributed by atoms with E-state index in [1.54, 1.807) is 17.7 Å².